The molecule has 0 saturated heterocycles. The highest BCUT2D eigenvalue weighted by Crippen LogP contribution is 2.22. The second-order valence-corrected chi connectivity index (χ2v) is 4.41. The van der Waals surface area contributed by atoms with Crippen molar-refractivity contribution in [2.75, 3.05) is 7.11 Å². The molecular formula is C14H22O4. The Morgan fingerprint density at radius 3 is 2.72 bits per heavy atom. The van der Waals surface area contributed by atoms with Crippen LogP contribution < -0.4 is 0 Å². The first-order chi connectivity index (χ1) is 8.69. The van der Waals surface area contributed by atoms with E-state index in [2.05, 4.69) is 11.7 Å². The first-order valence-electron chi connectivity index (χ1n) is 6.55. The number of aliphatic hydroxyl groups is 1. The molecule has 0 radical (unpaired) electrons. The summed E-state index contributed by atoms with van der Waals surface area (Å²) in [6.45, 7) is 2.17. The lowest BCUT2D eigenvalue weighted by atomic mass is 10.1. The third-order valence-corrected chi connectivity index (χ3v) is 2.92. The van der Waals surface area contributed by atoms with Crippen molar-refractivity contribution in [3.8, 4) is 0 Å². The number of hydrogen-bond donors (Lipinski definition) is 1. The van der Waals surface area contributed by atoms with Crippen LogP contribution in [0.1, 0.15) is 67.9 Å². The van der Waals surface area contributed by atoms with Gasteiger partial charge in [-0.05, 0) is 18.6 Å². The second-order valence-electron chi connectivity index (χ2n) is 4.41. The van der Waals surface area contributed by atoms with Crippen LogP contribution in [-0.2, 0) is 4.74 Å². The lowest BCUT2D eigenvalue weighted by Crippen LogP contribution is -1.99. The van der Waals surface area contributed by atoms with Crippen LogP contribution in [0.2, 0.25) is 0 Å². The summed E-state index contributed by atoms with van der Waals surface area (Å²) < 4.78 is 9.79. The molecule has 102 valence electrons. The number of rotatable bonds is 8. The number of unbranched alkanes of at least 4 members (excludes halogenated alkanes) is 4. The summed E-state index contributed by atoms with van der Waals surface area (Å²) in [4.78, 5) is 11.2. The van der Waals surface area contributed by atoms with Crippen molar-refractivity contribution >= 4 is 5.97 Å². The maximum atomic E-state index is 11.2. The minimum atomic E-state index is -0.634. The van der Waals surface area contributed by atoms with Crippen LogP contribution >= 0.6 is 0 Å². The zero-order valence-corrected chi connectivity index (χ0v) is 11.1. The fraction of sp³-hybridized carbons (Fsp3) is 0.643. The number of esters is 1. The Morgan fingerprint density at radius 1 is 1.33 bits per heavy atom. The Bertz CT molecular complexity index is 356. The minimum Gasteiger partial charge on any atom is -0.463 e. The zero-order valence-electron chi connectivity index (χ0n) is 11.1. The molecule has 1 unspecified atom stereocenters. The average Bonchev–Trinajstić information content (AvgIpc) is 2.87. The van der Waals surface area contributed by atoms with E-state index in [0.717, 1.165) is 12.8 Å². The van der Waals surface area contributed by atoms with Crippen LogP contribution in [0.4, 0.5) is 0 Å². The number of hydrogen-bond acceptors (Lipinski definition) is 4. The summed E-state index contributed by atoms with van der Waals surface area (Å²) in [6.07, 6.45) is 5.77. The van der Waals surface area contributed by atoms with E-state index in [1.54, 1.807) is 6.07 Å². The molecule has 1 atom stereocenters. The van der Waals surface area contributed by atoms with E-state index in [9.17, 15) is 9.90 Å². The first kappa shape index (κ1) is 14.8. The number of methoxy groups -OCH3 is 1. The highest BCUT2D eigenvalue weighted by molar-refractivity contribution is 5.86. The molecule has 0 spiro atoms. The lowest BCUT2D eigenvalue weighted by Gasteiger charge is -2.07. The zero-order chi connectivity index (χ0) is 13.4. The summed E-state index contributed by atoms with van der Waals surface area (Å²) in [5, 5.41) is 9.90. The number of ether oxygens (including phenoxy) is 1. The fourth-order valence-electron chi connectivity index (χ4n) is 1.83. The summed E-state index contributed by atoms with van der Waals surface area (Å²) in [5.41, 5.74) is 0. The normalized spacial score (nSPS) is 12.4. The largest absolute Gasteiger partial charge is 0.463 e. The SMILES string of the molecule is CCCCCCCC(O)c1ccc(C(=O)OC)o1. The van der Waals surface area contributed by atoms with Gasteiger partial charge in [0.25, 0.3) is 0 Å². The van der Waals surface area contributed by atoms with Gasteiger partial charge in [-0.25, -0.2) is 4.79 Å². The van der Waals surface area contributed by atoms with Crippen molar-refractivity contribution in [3.63, 3.8) is 0 Å². The maximum Gasteiger partial charge on any atom is 0.373 e. The van der Waals surface area contributed by atoms with Gasteiger partial charge in [0.15, 0.2) is 0 Å². The Hall–Kier alpha value is -1.29. The number of aliphatic hydroxyl groups excluding tert-OH is 1. The Labute approximate surface area is 108 Å². The van der Waals surface area contributed by atoms with Crippen LogP contribution in [0.5, 0.6) is 0 Å². The van der Waals surface area contributed by atoms with Gasteiger partial charge >= 0.3 is 5.97 Å². The van der Waals surface area contributed by atoms with Gasteiger partial charge in [-0.3, -0.25) is 0 Å². The summed E-state index contributed by atoms with van der Waals surface area (Å²) in [6, 6.07) is 3.16. The molecule has 1 heterocycles. The van der Waals surface area contributed by atoms with Crippen LogP contribution in [0.25, 0.3) is 0 Å². The predicted molar refractivity (Wildman–Crippen MR) is 68.4 cm³/mol. The van der Waals surface area contributed by atoms with E-state index in [-0.39, 0.29) is 5.76 Å². The fourth-order valence-corrected chi connectivity index (χ4v) is 1.83. The van der Waals surface area contributed by atoms with Gasteiger partial charge in [0, 0.05) is 0 Å². The van der Waals surface area contributed by atoms with E-state index in [1.807, 2.05) is 0 Å². The number of carbonyl (C=O) groups is 1. The van der Waals surface area contributed by atoms with Gasteiger partial charge in [0.2, 0.25) is 5.76 Å². The first-order valence-corrected chi connectivity index (χ1v) is 6.55. The van der Waals surface area contributed by atoms with Gasteiger partial charge in [-0.15, -0.1) is 0 Å². The molecule has 1 rings (SSSR count). The smallest absolute Gasteiger partial charge is 0.373 e. The minimum absolute atomic E-state index is 0.137. The Kier molecular flexibility index (Phi) is 6.50. The molecule has 0 fully saturated rings. The summed E-state index contributed by atoms with van der Waals surface area (Å²) in [5.74, 6) is 0.0554. The van der Waals surface area contributed by atoms with Crippen LogP contribution in [0.3, 0.4) is 0 Å². The van der Waals surface area contributed by atoms with E-state index < -0.39 is 12.1 Å². The van der Waals surface area contributed by atoms with Crippen LogP contribution in [-0.4, -0.2) is 18.2 Å². The summed E-state index contributed by atoms with van der Waals surface area (Å²) >= 11 is 0. The molecule has 18 heavy (non-hydrogen) atoms. The van der Waals surface area contributed by atoms with E-state index in [4.69, 9.17) is 4.42 Å². The highest BCUT2D eigenvalue weighted by atomic mass is 16.5. The second kappa shape index (κ2) is 7.93. The number of furan rings is 1. The molecule has 4 nitrogen and oxygen atoms in total. The quantitative estimate of drug-likeness (QED) is 0.570. The molecule has 0 saturated carbocycles. The van der Waals surface area contributed by atoms with Crippen LogP contribution in [0, 0.1) is 0 Å². The molecule has 4 heteroatoms. The maximum absolute atomic E-state index is 11.2. The molecule has 0 bridgehead atoms. The lowest BCUT2D eigenvalue weighted by molar-refractivity contribution is 0.0553. The predicted octanol–water partition coefficient (Wildman–Crippen LogP) is 3.46. The number of carbonyl (C=O) groups excluding carboxylic acids is 1. The van der Waals surface area contributed by atoms with Crippen molar-refractivity contribution < 1.29 is 19.1 Å². The third kappa shape index (κ3) is 4.53. The topological polar surface area (TPSA) is 59.7 Å². The van der Waals surface area contributed by atoms with Crippen molar-refractivity contribution in [2.45, 2.75) is 51.6 Å². The standard InChI is InChI=1S/C14H22O4/c1-3-4-5-6-7-8-11(15)12-9-10-13(18-12)14(16)17-2/h9-11,15H,3-8H2,1-2H3. The van der Waals surface area contributed by atoms with Gasteiger partial charge in [-0.2, -0.15) is 0 Å². The van der Waals surface area contributed by atoms with Crippen molar-refractivity contribution in [3.05, 3.63) is 23.7 Å². The molecule has 1 aromatic heterocycles. The van der Waals surface area contributed by atoms with Crippen molar-refractivity contribution in [2.24, 2.45) is 0 Å². The molecule has 0 aliphatic carbocycles. The average molecular weight is 254 g/mol. The third-order valence-electron chi connectivity index (χ3n) is 2.92. The van der Waals surface area contributed by atoms with Crippen molar-refractivity contribution in [1.29, 1.82) is 0 Å². The molecule has 0 aliphatic rings. The Morgan fingerprint density at radius 2 is 2.06 bits per heavy atom. The van der Waals surface area contributed by atoms with Gasteiger partial charge in [0.05, 0.1) is 7.11 Å². The molecule has 0 aliphatic heterocycles. The molecule has 1 N–H and O–H groups in total. The van der Waals surface area contributed by atoms with Gasteiger partial charge in [0.1, 0.15) is 11.9 Å². The van der Waals surface area contributed by atoms with Crippen LogP contribution in [0.15, 0.2) is 16.5 Å². The molecule has 0 aromatic carbocycles. The van der Waals surface area contributed by atoms with Crippen molar-refractivity contribution in [1.82, 2.24) is 0 Å². The summed E-state index contributed by atoms with van der Waals surface area (Å²) in [7, 11) is 1.30. The van der Waals surface area contributed by atoms with E-state index >= 15 is 0 Å². The highest BCUT2D eigenvalue weighted by Gasteiger charge is 2.16. The van der Waals surface area contributed by atoms with E-state index in [1.165, 1.54) is 32.4 Å². The monoisotopic (exact) mass is 254 g/mol. The molecule has 1 aromatic rings. The molecular weight excluding hydrogens is 232 g/mol. The van der Waals surface area contributed by atoms with Gasteiger partial charge in [-0.1, -0.05) is 39.0 Å². The van der Waals surface area contributed by atoms with Gasteiger partial charge < -0.3 is 14.3 Å². The Balaban J connectivity index is 2.35. The molecule has 0 amide bonds. The van der Waals surface area contributed by atoms with E-state index in [0.29, 0.717) is 12.2 Å².